The minimum Gasteiger partial charge on any atom is -0.444 e. The number of hydrogen-bond acceptors (Lipinski definition) is 3. The van der Waals surface area contributed by atoms with Gasteiger partial charge in [0, 0.05) is 13.7 Å². The number of carbonyl (C=O) groups excluding carboxylic acids is 1. The second-order valence-corrected chi connectivity index (χ2v) is 6.96. The lowest BCUT2D eigenvalue weighted by molar-refractivity contribution is 0.0206. The maximum Gasteiger partial charge on any atom is 0.410 e. The van der Waals surface area contributed by atoms with Gasteiger partial charge >= 0.3 is 6.09 Å². The molecule has 0 bridgehead atoms. The van der Waals surface area contributed by atoms with Gasteiger partial charge in [0.2, 0.25) is 0 Å². The van der Waals surface area contributed by atoms with Gasteiger partial charge in [0.25, 0.3) is 0 Å². The summed E-state index contributed by atoms with van der Waals surface area (Å²) < 4.78 is 5.40. The van der Waals surface area contributed by atoms with Crippen LogP contribution in [-0.4, -0.2) is 35.4 Å². The van der Waals surface area contributed by atoms with E-state index in [2.05, 4.69) is 0 Å². The summed E-state index contributed by atoms with van der Waals surface area (Å²) in [5, 5.41) is 9.99. The minimum atomic E-state index is -0.565. The fraction of sp³-hybridized carbons (Fsp3) is 0.562. The van der Waals surface area contributed by atoms with E-state index in [1.807, 2.05) is 26.8 Å². The highest BCUT2D eigenvalue weighted by atomic mass is 35.5. The van der Waals surface area contributed by atoms with Crippen molar-refractivity contribution in [1.82, 2.24) is 4.90 Å². The van der Waals surface area contributed by atoms with Crippen molar-refractivity contribution < 1.29 is 14.6 Å². The highest BCUT2D eigenvalue weighted by Crippen LogP contribution is 2.31. The Labute approximate surface area is 142 Å². The maximum absolute atomic E-state index is 12.3. The molecule has 1 amide bonds. The molecule has 0 aliphatic heterocycles. The van der Waals surface area contributed by atoms with Crippen molar-refractivity contribution in [3.05, 3.63) is 33.8 Å². The van der Waals surface area contributed by atoms with Crippen molar-refractivity contribution in [2.45, 2.75) is 45.3 Å². The third kappa shape index (κ3) is 5.67. The van der Waals surface area contributed by atoms with Crippen molar-refractivity contribution in [2.75, 3.05) is 13.7 Å². The van der Waals surface area contributed by atoms with E-state index in [9.17, 15) is 4.79 Å². The predicted molar refractivity (Wildman–Crippen MR) is 89.5 cm³/mol. The van der Waals surface area contributed by atoms with Crippen molar-refractivity contribution in [3.63, 3.8) is 0 Å². The van der Waals surface area contributed by atoms with E-state index in [0.717, 1.165) is 5.56 Å². The van der Waals surface area contributed by atoms with E-state index in [0.29, 0.717) is 22.9 Å². The molecule has 1 aromatic carbocycles. The zero-order valence-electron chi connectivity index (χ0n) is 13.4. The number of ether oxygens (including phenoxy) is 1. The molecule has 0 heterocycles. The smallest absolute Gasteiger partial charge is 0.410 e. The Kier molecular flexibility index (Phi) is 6.98. The zero-order chi connectivity index (χ0) is 16.9. The number of halogens is 2. The molecule has 124 valence electrons. The van der Waals surface area contributed by atoms with Crippen LogP contribution in [0.15, 0.2) is 18.2 Å². The molecule has 1 rings (SSSR count). The molecular weight excluding hydrogens is 325 g/mol. The fourth-order valence-corrected chi connectivity index (χ4v) is 2.36. The Morgan fingerprint density at radius 3 is 2.45 bits per heavy atom. The maximum atomic E-state index is 12.3. The average molecular weight is 348 g/mol. The summed E-state index contributed by atoms with van der Waals surface area (Å²) in [6.45, 7) is 5.52. The standard InChI is InChI=1S/C16H23Cl2NO3/c1-16(2,3)22-15(21)19(4)14(6-5-9-20)11-7-8-12(17)13(18)10-11/h7-8,10,14,20H,5-6,9H2,1-4H3. The summed E-state index contributed by atoms with van der Waals surface area (Å²) in [5.41, 5.74) is 0.293. The summed E-state index contributed by atoms with van der Waals surface area (Å²) in [6.07, 6.45) is 0.754. The van der Waals surface area contributed by atoms with E-state index < -0.39 is 11.7 Å². The van der Waals surface area contributed by atoms with Crippen molar-refractivity contribution in [1.29, 1.82) is 0 Å². The minimum absolute atomic E-state index is 0.0555. The van der Waals surface area contributed by atoms with Gasteiger partial charge in [-0.15, -0.1) is 0 Å². The molecule has 0 radical (unpaired) electrons. The van der Waals surface area contributed by atoms with E-state index in [1.54, 1.807) is 19.2 Å². The van der Waals surface area contributed by atoms with Gasteiger partial charge in [-0.25, -0.2) is 4.79 Å². The Hall–Kier alpha value is -0.970. The van der Waals surface area contributed by atoms with Crippen LogP contribution >= 0.6 is 23.2 Å². The normalized spacial score (nSPS) is 12.9. The van der Waals surface area contributed by atoms with Crippen LogP contribution < -0.4 is 0 Å². The van der Waals surface area contributed by atoms with Gasteiger partial charge in [-0.05, 0) is 51.3 Å². The molecule has 0 spiro atoms. The monoisotopic (exact) mass is 347 g/mol. The largest absolute Gasteiger partial charge is 0.444 e. The van der Waals surface area contributed by atoms with Gasteiger partial charge in [-0.2, -0.15) is 0 Å². The van der Waals surface area contributed by atoms with Gasteiger partial charge in [-0.3, -0.25) is 0 Å². The molecule has 1 atom stereocenters. The highest BCUT2D eigenvalue weighted by molar-refractivity contribution is 6.42. The number of rotatable bonds is 5. The Balaban J connectivity index is 3.00. The number of amides is 1. The molecule has 0 aliphatic rings. The second-order valence-electron chi connectivity index (χ2n) is 6.15. The molecule has 4 nitrogen and oxygen atoms in total. The lowest BCUT2D eigenvalue weighted by Crippen LogP contribution is -2.36. The number of aliphatic hydroxyl groups is 1. The summed E-state index contributed by atoms with van der Waals surface area (Å²) in [5.74, 6) is 0. The zero-order valence-corrected chi connectivity index (χ0v) is 14.9. The molecule has 1 unspecified atom stereocenters. The van der Waals surface area contributed by atoms with Crippen LogP contribution in [0.4, 0.5) is 4.79 Å². The first kappa shape index (κ1) is 19.1. The topological polar surface area (TPSA) is 49.8 Å². The van der Waals surface area contributed by atoms with Crippen LogP contribution in [0.25, 0.3) is 0 Å². The molecule has 0 aliphatic carbocycles. The van der Waals surface area contributed by atoms with Crippen LogP contribution in [0.3, 0.4) is 0 Å². The van der Waals surface area contributed by atoms with Crippen LogP contribution in [-0.2, 0) is 4.74 Å². The first-order chi connectivity index (χ1) is 10.2. The predicted octanol–water partition coefficient (Wildman–Crippen LogP) is 4.67. The molecular formula is C16H23Cl2NO3. The number of nitrogens with zero attached hydrogens (tertiary/aromatic N) is 1. The number of aliphatic hydroxyl groups excluding tert-OH is 1. The second kappa shape index (κ2) is 8.04. The quantitative estimate of drug-likeness (QED) is 0.841. The van der Waals surface area contributed by atoms with Gasteiger partial charge < -0.3 is 14.7 Å². The molecule has 22 heavy (non-hydrogen) atoms. The van der Waals surface area contributed by atoms with Gasteiger partial charge in [0.05, 0.1) is 16.1 Å². The number of hydrogen-bond donors (Lipinski definition) is 1. The third-order valence-corrected chi connectivity index (χ3v) is 3.85. The molecule has 0 fully saturated rings. The van der Waals surface area contributed by atoms with Gasteiger partial charge in [0.1, 0.15) is 5.60 Å². The third-order valence-electron chi connectivity index (χ3n) is 3.11. The summed E-state index contributed by atoms with van der Waals surface area (Å²) >= 11 is 12.0. The SMILES string of the molecule is CN(C(=O)OC(C)(C)C)C(CCCO)c1ccc(Cl)c(Cl)c1. The highest BCUT2D eigenvalue weighted by Gasteiger charge is 2.26. The number of carbonyl (C=O) groups is 1. The van der Waals surface area contributed by atoms with Crippen LogP contribution in [0.5, 0.6) is 0 Å². The van der Waals surface area contributed by atoms with Crippen LogP contribution in [0, 0.1) is 0 Å². The molecule has 0 aromatic heterocycles. The van der Waals surface area contributed by atoms with Crippen LogP contribution in [0.2, 0.25) is 10.0 Å². The van der Waals surface area contributed by atoms with Crippen molar-refractivity contribution in [3.8, 4) is 0 Å². The van der Waals surface area contributed by atoms with E-state index in [-0.39, 0.29) is 12.6 Å². The number of benzene rings is 1. The molecule has 6 heteroatoms. The van der Waals surface area contributed by atoms with Gasteiger partial charge in [0.15, 0.2) is 0 Å². The van der Waals surface area contributed by atoms with E-state index >= 15 is 0 Å². The fourth-order valence-electron chi connectivity index (χ4n) is 2.05. The Bertz CT molecular complexity index is 515. The molecule has 0 saturated heterocycles. The first-order valence-electron chi connectivity index (χ1n) is 7.17. The van der Waals surface area contributed by atoms with Crippen molar-refractivity contribution >= 4 is 29.3 Å². The summed E-state index contributed by atoms with van der Waals surface area (Å²) in [4.78, 5) is 13.8. The molecule has 1 N–H and O–H groups in total. The summed E-state index contributed by atoms with van der Waals surface area (Å²) in [7, 11) is 1.68. The first-order valence-corrected chi connectivity index (χ1v) is 7.93. The van der Waals surface area contributed by atoms with E-state index in [4.69, 9.17) is 33.0 Å². The Morgan fingerprint density at radius 1 is 1.32 bits per heavy atom. The average Bonchev–Trinajstić information content (AvgIpc) is 2.40. The van der Waals surface area contributed by atoms with Crippen LogP contribution in [0.1, 0.15) is 45.2 Å². The molecule has 0 saturated carbocycles. The van der Waals surface area contributed by atoms with E-state index in [1.165, 1.54) is 4.90 Å². The lowest BCUT2D eigenvalue weighted by atomic mass is 10.0. The summed E-state index contributed by atoms with van der Waals surface area (Å²) in [6, 6.07) is 5.04. The van der Waals surface area contributed by atoms with Gasteiger partial charge in [-0.1, -0.05) is 29.3 Å². The molecule has 1 aromatic rings. The van der Waals surface area contributed by atoms with Crippen molar-refractivity contribution in [2.24, 2.45) is 0 Å². The lowest BCUT2D eigenvalue weighted by Gasteiger charge is -2.31. The Morgan fingerprint density at radius 2 is 1.95 bits per heavy atom.